The number of pyridine rings is 1. The zero-order valence-corrected chi connectivity index (χ0v) is 21.3. The molecule has 3 N–H and O–H groups in total. The number of aryl methyl sites for hydroxylation is 2. The fourth-order valence-corrected chi connectivity index (χ4v) is 5.59. The lowest BCUT2D eigenvalue weighted by Crippen LogP contribution is -2.41. The Hall–Kier alpha value is -2.97. The van der Waals surface area contributed by atoms with Crippen molar-refractivity contribution in [2.75, 3.05) is 26.7 Å². The van der Waals surface area contributed by atoms with Gasteiger partial charge in [0.15, 0.2) is 0 Å². The van der Waals surface area contributed by atoms with Crippen molar-refractivity contribution in [1.82, 2.24) is 20.1 Å². The number of aliphatic carboxylic acids is 1. The van der Waals surface area contributed by atoms with Crippen molar-refractivity contribution in [3.63, 3.8) is 0 Å². The number of likely N-dealkylation sites (tertiary alicyclic amines) is 1. The minimum atomic E-state index is -0.737. The van der Waals surface area contributed by atoms with Crippen molar-refractivity contribution in [2.45, 2.75) is 58.0 Å². The number of hydrogen-bond acceptors (Lipinski definition) is 6. The van der Waals surface area contributed by atoms with Crippen LogP contribution in [0, 0.1) is 18.8 Å². The van der Waals surface area contributed by atoms with Crippen LogP contribution in [0.25, 0.3) is 10.9 Å². The maximum atomic E-state index is 11.3. The van der Waals surface area contributed by atoms with Crippen molar-refractivity contribution in [3.8, 4) is 5.75 Å². The first kappa shape index (κ1) is 26.1. The molecule has 2 aromatic heterocycles. The van der Waals surface area contributed by atoms with Gasteiger partial charge in [0.1, 0.15) is 5.75 Å². The van der Waals surface area contributed by atoms with Crippen LogP contribution < -0.4 is 4.74 Å². The molecule has 0 radical (unpaired) electrons. The number of carboxylic acids is 1. The van der Waals surface area contributed by atoms with E-state index in [0.717, 1.165) is 73.2 Å². The molecular weight excluding hydrogens is 456 g/mol. The Labute approximate surface area is 212 Å². The minimum Gasteiger partial charge on any atom is -0.497 e. The Balaban J connectivity index is 1.36. The third-order valence-electron chi connectivity index (χ3n) is 7.71. The van der Waals surface area contributed by atoms with E-state index in [0.29, 0.717) is 24.7 Å². The molecule has 1 aliphatic rings. The van der Waals surface area contributed by atoms with Crippen molar-refractivity contribution in [3.05, 3.63) is 53.5 Å². The molecule has 0 amide bonds. The summed E-state index contributed by atoms with van der Waals surface area (Å²) in [5, 5.41) is 28.4. The number of aromatic nitrogens is 3. The summed E-state index contributed by atoms with van der Waals surface area (Å²) in [7, 11) is 1.63. The molecular formula is C28H38N4O4. The molecule has 4 rings (SSSR count). The van der Waals surface area contributed by atoms with Gasteiger partial charge in [-0.05, 0) is 106 Å². The third kappa shape index (κ3) is 6.62. The van der Waals surface area contributed by atoms with Crippen molar-refractivity contribution in [1.29, 1.82) is 0 Å². The standard InChI is InChI=1S/C28H38N4O4/c1-19-21(17-30-31-19)4-3-14-32-15-12-20(22(18-32)6-10-28(34)35)5-9-27(33)24-11-13-29-26-8-7-23(36-2)16-25(24)26/h7-8,11,13,16-17,20,22,27,33H,3-6,9-10,12,14-15,18H2,1-2H3,(H,30,31)(H,34,35)/t20-,22-,27-/m1/s1. The number of fused-ring (bicyclic) bond motifs is 1. The largest absolute Gasteiger partial charge is 0.497 e. The number of benzene rings is 1. The molecule has 8 nitrogen and oxygen atoms in total. The van der Waals surface area contributed by atoms with Crippen LogP contribution in [-0.2, 0) is 11.2 Å². The van der Waals surface area contributed by atoms with Crippen LogP contribution in [-0.4, -0.2) is 63.0 Å². The van der Waals surface area contributed by atoms with Crippen LogP contribution in [0.4, 0.5) is 0 Å². The average Bonchev–Trinajstić information content (AvgIpc) is 3.30. The van der Waals surface area contributed by atoms with E-state index < -0.39 is 12.1 Å². The maximum Gasteiger partial charge on any atom is 0.303 e. The molecule has 36 heavy (non-hydrogen) atoms. The van der Waals surface area contributed by atoms with E-state index in [1.54, 1.807) is 13.3 Å². The summed E-state index contributed by atoms with van der Waals surface area (Å²) in [4.78, 5) is 18.2. The van der Waals surface area contributed by atoms with Crippen molar-refractivity contribution < 1.29 is 19.7 Å². The summed E-state index contributed by atoms with van der Waals surface area (Å²) in [5.41, 5.74) is 4.10. The monoisotopic (exact) mass is 494 g/mol. The highest BCUT2D eigenvalue weighted by atomic mass is 16.5. The molecule has 3 aromatic rings. The molecule has 0 aliphatic carbocycles. The normalized spacial score (nSPS) is 19.4. The van der Waals surface area contributed by atoms with Gasteiger partial charge < -0.3 is 19.8 Å². The van der Waals surface area contributed by atoms with Gasteiger partial charge in [-0.15, -0.1) is 0 Å². The van der Waals surface area contributed by atoms with Gasteiger partial charge in [-0.3, -0.25) is 14.9 Å². The number of carbonyl (C=O) groups is 1. The van der Waals surface area contributed by atoms with Gasteiger partial charge >= 0.3 is 5.97 Å². The Morgan fingerprint density at radius 3 is 2.89 bits per heavy atom. The Morgan fingerprint density at radius 2 is 2.14 bits per heavy atom. The molecule has 194 valence electrons. The van der Waals surface area contributed by atoms with E-state index in [2.05, 4.69) is 27.0 Å². The zero-order valence-electron chi connectivity index (χ0n) is 21.3. The number of ether oxygens (including phenoxy) is 1. The first-order valence-corrected chi connectivity index (χ1v) is 13.0. The molecule has 0 saturated carbocycles. The highest BCUT2D eigenvalue weighted by molar-refractivity contribution is 5.83. The molecule has 0 unspecified atom stereocenters. The van der Waals surface area contributed by atoms with Gasteiger partial charge in [0.25, 0.3) is 0 Å². The zero-order chi connectivity index (χ0) is 25.5. The number of aromatic amines is 1. The molecule has 1 fully saturated rings. The van der Waals surface area contributed by atoms with Crippen LogP contribution in [0.5, 0.6) is 5.75 Å². The fraction of sp³-hybridized carbons (Fsp3) is 0.536. The number of H-pyrrole nitrogens is 1. The van der Waals surface area contributed by atoms with Gasteiger partial charge in [0.2, 0.25) is 0 Å². The average molecular weight is 495 g/mol. The quantitative estimate of drug-likeness (QED) is 0.339. The number of nitrogens with zero attached hydrogens (tertiary/aromatic N) is 3. The smallest absolute Gasteiger partial charge is 0.303 e. The van der Waals surface area contributed by atoms with E-state index in [4.69, 9.17) is 4.74 Å². The fourth-order valence-electron chi connectivity index (χ4n) is 5.59. The molecule has 1 aromatic carbocycles. The van der Waals surface area contributed by atoms with E-state index >= 15 is 0 Å². The lowest BCUT2D eigenvalue weighted by molar-refractivity contribution is -0.137. The van der Waals surface area contributed by atoms with Crippen LogP contribution in [0.15, 0.2) is 36.7 Å². The first-order valence-electron chi connectivity index (χ1n) is 13.0. The Morgan fingerprint density at radius 1 is 1.28 bits per heavy atom. The van der Waals surface area contributed by atoms with Crippen molar-refractivity contribution >= 4 is 16.9 Å². The third-order valence-corrected chi connectivity index (χ3v) is 7.71. The van der Waals surface area contributed by atoms with Crippen LogP contribution in [0.2, 0.25) is 0 Å². The summed E-state index contributed by atoms with van der Waals surface area (Å²) < 4.78 is 5.37. The number of piperidine rings is 1. The second kappa shape index (κ2) is 12.3. The number of aliphatic hydroxyl groups is 1. The number of aliphatic hydroxyl groups excluding tert-OH is 1. The minimum absolute atomic E-state index is 0.195. The summed E-state index contributed by atoms with van der Waals surface area (Å²) in [5.74, 6) is 0.743. The number of nitrogens with one attached hydrogen (secondary N) is 1. The predicted octanol–water partition coefficient (Wildman–Crippen LogP) is 4.52. The van der Waals surface area contributed by atoms with Gasteiger partial charge in [0, 0.05) is 30.2 Å². The molecule has 1 aliphatic heterocycles. The lowest BCUT2D eigenvalue weighted by atomic mass is 9.79. The number of methoxy groups -OCH3 is 1. The Bertz CT molecular complexity index is 1150. The van der Waals surface area contributed by atoms with E-state index in [9.17, 15) is 15.0 Å². The van der Waals surface area contributed by atoms with Gasteiger partial charge in [-0.25, -0.2) is 0 Å². The number of hydrogen-bond donors (Lipinski definition) is 3. The van der Waals surface area contributed by atoms with Crippen LogP contribution in [0.3, 0.4) is 0 Å². The van der Waals surface area contributed by atoms with E-state index in [1.165, 1.54) is 5.56 Å². The van der Waals surface area contributed by atoms with Crippen molar-refractivity contribution in [2.24, 2.45) is 11.8 Å². The first-order chi connectivity index (χ1) is 17.4. The highest BCUT2D eigenvalue weighted by Crippen LogP contribution is 2.35. The molecule has 1 saturated heterocycles. The predicted molar refractivity (Wildman–Crippen MR) is 139 cm³/mol. The molecule has 0 bridgehead atoms. The van der Waals surface area contributed by atoms with Gasteiger partial charge in [-0.2, -0.15) is 5.10 Å². The maximum absolute atomic E-state index is 11.3. The van der Waals surface area contributed by atoms with Crippen LogP contribution in [0.1, 0.15) is 61.4 Å². The molecule has 0 spiro atoms. The van der Waals surface area contributed by atoms with E-state index in [1.807, 2.05) is 30.5 Å². The lowest BCUT2D eigenvalue weighted by Gasteiger charge is -2.39. The van der Waals surface area contributed by atoms with Gasteiger partial charge in [0.05, 0.1) is 24.9 Å². The second-order valence-corrected chi connectivity index (χ2v) is 10.0. The summed E-state index contributed by atoms with van der Waals surface area (Å²) in [6, 6.07) is 7.61. The molecule has 8 heteroatoms. The summed E-state index contributed by atoms with van der Waals surface area (Å²) in [6.07, 6.45) is 8.55. The number of carboxylic acid groups (broad SMARTS) is 1. The van der Waals surface area contributed by atoms with Gasteiger partial charge in [-0.1, -0.05) is 0 Å². The Kier molecular flexibility index (Phi) is 8.93. The van der Waals surface area contributed by atoms with E-state index in [-0.39, 0.29) is 6.42 Å². The summed E-state index contributed by atoms with van der Waals surface area (Å²) >= 11 is 0. The van der Waals surface area contributed by atoms with Crippen LogP contribution >= 0.6 is 0 Å². The topological polar surface area (TPSA) is 112 Å². The summed E-state index contributed by atoms with van der Waals surface area (Å²) in [6.45, 7) is 5.00. The highest BCUT2D eigenvalue weighted by Gasteiger charge is 2.30. The molecule has 3 atom stereocenters. The number of rotatable bonds is 12. The second-order valence-electron chi connectivity index (χ2n) is 10.0. The molecule has 3 heterocycles. The SMILES string of the molecule is COc1ccc2nccc([C@H](O)CC[C@@H]3CCN(CCCc4cn[nH]c4C)C[C@H]3CCC(=O)O)c2c1.